The van der Waals surface area contributed by atoms with Gasteiger partial charge in [-0.15, -0.1) is 0 Å². The summed E-state index contributed by atoms with van der Waals surface area (Å²) in [6.45, 7) is 4.89. The van der Waals surface area contributed by atoms with Crippen molar-refractivity contribution in [1.29, 1.82) is 0 Å². The van der Waals surface area contributed by atoms with Gasteiger partial charge in [-0.2, -0.15) is 0 Å². The molecule has 0 aliphatic heterocycles. The average Bonchev–Trinajstić information content (AvgIpc) is 3.41. The molecule has 2 unspecified atom stereocenters. The zero-order valence-electron chi connectivity index (χ0n) is 50.8. The van der Waals surface area contributed by atoms with Crippen LogP contribution in [0.3, 0.4) is 0 Å². The normalized spacial score (nSPS) is 12.6. The summed E-state index contributed by atoms with van der Waals surface area (Å²) in [4.78, 5) is 24.5. The first-order valence-corrected chi connectivity index (χ1v) is 34.1. The predicted octanol–water partition coefficient (Wildman–Crippen LogP) is 21.8. The highest BCUT2D eigenvalue weighted by Crippen LogP contribution is 2.19. The van der Waals surface area contributed by atoms with Gasteiger partial charge in [0.25, 0.3) is 0 Å². The molecule has 0 aromatic rings. The second-order valence-corrected chi connectivity index (χ2v) is 23.5. The Balaban J connectivity index is 3.33. The summed E-state index contributed by atoms with van der Waals surface area (Å²) in [7, 11) is 0. The van der Waals surface area contributed by atoms with Crippen LogP contribution in [0.5, 0.6) is 0 Å². The molecule has 0 radical (unpaired) electrons. The van der Waals surface area contributed by atoms with Gasteiger partial charge >= 0.3 is 5.97 Å². The van der Waals surface area contributed by atoms with Crippen molar-refractivity contribution in [3.63, 3.8) is 0 Å². The van der Waals surface area contributed by atoms with Gasteiger partial charge in [0.2, 0.25) is 5.91 Å². The van der Waals surface area contributed by atoms with Crippen LogP contribution in [0.4, 0.5) is 0 Å². The van der Waals surface area contributed by atoms with Crippen molar-refractivity contribution >= 4 is 11.9 Å². The summed E-state index contributed by atoms with van der Waals surface area (Å²) < 4.78 is 5.47. The van der Waals surface area contributed by atoms with Crippen molar-refractivity contribution in [3.8, 4) is 0 Å². The summed E-state index contributed by atoms with van der Waals surface area (Å²) in [6.07, 6.45) is 81.2. The van der Waals surface area contributed by atoms with Gasteiger partial charge in [0.05, 0.1) is 25.4 Å². The Kier molecular flexibility index (Phi) is 63.4. The van der Waals surface area contributed by atoms with E-state index in [9.17, 15) is 19.8 Å². The molecule has 0 saturated heterocycles. The van der Waals surface area contributed by atoms with Crippen LogP contribution in [0.15, 0.2) is 24.3 Å². The van der Waals surface area contributed by atoms with Crippen molar-refractivity contribution in [3.05, 3.63) is 24.3 Å². The van der Waals surface area contributed by atoms with Crippen molar-refractivity contribution in [2.24, 2.45) is 0 Å². The molecule has 2 atom stereocenters. The van der Waals surface area contributed by atoms with Crippen LogP contribution in [0.1, 0.15) is 380 Å². The Morgan fingerprint density at radius 2 is 0.640 bits per heavy atom. The highest BCUT2D eigenvalue weighted by Gasteiger charge is 2.18. The zero-order valence-corrected chi connectivity index (χ0v) is 50.8. The summed E-state index contributed by atoms with van der Waals surface area (Å²) in [6, 6.07) is -0.624. The highest BCUT2D eigenvalue weighted by molar-refractivity contribution is 5.76. The summed E-state index contributed by atoms with van der Waals surface area (Å²) in [5, 5.41) is 23.2. The molecule has 0 fully saturated rings. The maximum absolute atomic E-state index is 12.5. The Labute approximate surface area is 469 Å². The minimum absolute atomic E-state index is 0.0101. The van der Waals surface area contributed by atoms with E-state index in [2.05, 4.69) is 31.3 Å². The van der Waals surface area contributed by atoms with E-state index in [0.29, 0.717) is 19.4 Å². The maximum Gasteiger partial charge on any atom is 0.305 e. The molecule has 6 heteroatoms. The molecule has 0 aromatic carbocycles. The van der Waals surface area contributed by atoms with E-state index in [1.165, 1.54) is 308 Å². The van der Waals surface area contributed by atoms with Gasteiger partial charge in [-0.1, -0.05) is 340 Å². The third-order valence-electron chi connectivity index (χ3n) is 16.0. The van der Waals surface area contributed by atoms with E-state index >= 15 is 0 Å². The summed E-state index contributed by atoms with van der Waals surface area (Å²) in [5.74, 6) is -0.0510. The fourth-order valence-corrected chi connectivity index (χ4v) is 10.7. The summed E-state index contributed by atoms with van der Waals surface area (Å²) in [5.41, 5.74) is 0. The largest absolute Gasteiger partial charge is 0.466 e. The van der Waals surface area contributed by atoms with E-state index < -0.39 is 12.1 Å². The predicted molar refractivity (Wildman–Crippen MR) is 329 cm³/mol. The van der Waals surface area contributed by atoms with Crippen LogP contribution >= 0.6 is 0 Å². The number of unbranched alkanes of at least 4 members (excludes halogenated alkanes) is 51. The van der Waals surface area contributed by atoms with Crippen LogP contribution in [-0.4, -0.2) is 47.4 Å². The second kappa shape index (κ2) is 64.9. The molecule has 75 heavy (non-hydrogen) atoms. The number of carbonyl (C=O) groups excluding carboxylic acids is 2. The van der Waals surface area contributed by atoms with Crippen LogP contribution in [0.25, 0.3) is 0 Å². The molecule has 3 N–H and O–H groups in total. The first-order valence-electron chi connectivity index (χ1n) is 34.1. The average molecular weight is 1060 g/mol. The Bertz CT molecular complexity index is 1170. The summed E-state index contributed by atoms with van der Waals surface area (Å²) >= 11 is 0. The van der Waals surface area contributed by atoms with Crippen LogP contribution < -0.4 is 5.32 Å². The number of hydrogen-bond acceptors (Lipinski definition) is 5. The smallest absolute Gasteiger partial charge is 0.305 e. The van der Waals surface area contributed by atoms with Crippen LogP contribution in [-0.2, 0) is 14.3 Å². The molecule has 0 spiro atoms. The van der Waals surface area contributed by atoms with Gasteiger partial charge in [-0.05, 0) is 51.4 Å². The lowest BCUT2D eigenvalue weighted by Crippen LogP contribution is -2.45. The quantitative estimate of drug-likeness (QED) is 0.0320. The monoisotopic (exact) mass is 1060 g/mol. The SMILES string of the molecule is CCCC/C=C\CCCCCCCC(=O)OCCCCCCCCCCCCCCCCCCCCCCCCCCCCCCCCCCC(=O)NC(CO)C(O)/C=C/CCCCCCCCCCCCCCC. The lowest BCUT2D eigenvalue weighted by molar-refractivity contribution is -0.143. The van der Waals surface area contributed by atoms with Crippen molar-refractivity contribution in [2.45, 2.75) is 392 Å². The Hall–Kier alpha value is -1.66. The molecule has 1 amide bonds. The molecule has 444 valence electrons. The fourth-order valence-electron chi connectivity index (χ4n) is 10.7. The number of allylic oxidation sites excluding steroid dienone is 3. The lowest BCUT2D eigenvalue weighted by atomic mass is 10.0. The first kappa shape index (κ1) is 73.3. The van der Waals surface area contributed by atoms with E-state index in [1.807, 2.05) is 6.08 Å². The number of amides is 1. The van der Waals surface area contributed by atoms with Gasteiger partial charge in [0.15, 0.2) is 0 Å². The van der Waals surface area contributed by atoms with Crippen LogP contribution in [0, 0.1) is 0 Å². The van der Waals surface area contributed by atoms with E-state index in [-0.39, 0.29) is 18.5 Å². The minimum atomic E-state index is -0.840. The van der Waals surface area contributed by atoms with Crippen LogP contribution in [0.2, 0.25) is 0 Å². The standard InChI is InChI=1S/C69H133NO5/c1-3-5-7-9-11-13-15-16-35-38-42-45-49-53-57-61-67(72)66(65-71)70-68(73)62-58-54-50-46-43-39-36-33-31-29-27-25-23-21-19-17-18-20-22-24-26-28-30-32-34-37-40-44-48-52-56-60-64-75-69(74)63-59-55-51-47-41-14-12-10-8-6-4-2/h10,12,57,61,66-67,71-72H,3-9,11,13-56,58-60,62-65H2,1-2H3,(H,70,73)/b12-10-,61-57+. The molecule has 6 nitrogen and oxygen atoms in total. The number of hydrogen-bond donors (Lipinski definition) is 3. The molecule has 0 saturated carbocycles. The van der Waals surface area contributed by atoms with Crippen molar-refractivity contribution in [1.82, 2.24) is 5.32 Å². The third kappa shape index (κ3) is 61.4. The number of esters is 1. The highest BCUT2D eigenvalue weighted by atomic mass is 16.5. The molecule has 0 aromatic heterocycles. The van der Waals surface area contributed by atoms with Crippen molar-refractivity contribution in [2.75, 3.05) is 13.2 Å². The second-order valence-electron chi connectivity index (χ2n) is 23.5. The molecular formula is C69H133NO5. The molecule has 0 aliphatic rings. The van der Waals surface area contributed by atoms with Gasteiger partial charge in [-0.25, -0.2) is 0 Å². The third-order valence-corrected chi connectivity index (χ3v) is 16.0. The maximum atomic E-state index is 12.5. The lowest BCUT2D eigenvalue weighted by Gasteiger charge is -2.20. The molecular weight excluding hydrogens is 923 g/mol. The number of nitrogens with one attached hydrogen (secondary N) is 1. The number of aliphatic hydroxyl groups excluding tert-OH is 2. The van der Waals surface area contributed by atoms with Crippen molar-refractivity contribution < 1.29 is 24.5 Å². The number of rotatable bonds is 64. The Morgan fingerprint density at radius 1 is 0.360 bits per heavy atom. The van der Waals surface area contributed by atoms with Gasteiger partial charge in [0, 0.05) is 12.8 Å². The topological polar surface area (TPSA) is 95.9 Å². The fraction of sp³-hybridized carbons (Fsp3) is 0.913. The zero-order chi connectivity index (χ0) is 54.3. The number of ether oxygens (including phenoxy) is 1. The van der Waals surface area contributed by atoms with E-state index in [4.69, 9.17) is 4.74 Å². The van der Waals surface area contributed by atoms with Gasteiger partial charge in [0.1, 0.15) is 0 Å². The molecule has 0 bridgehead atoms. The van der Waals surface area contributed by atoms with E-state index in [1.54, 1.807) is 6.08 Å². The number of aliphatic hydroxyl groups is 2. The number of carbonyl (C=O) groups is 2. The Morgan fingerprint density at radius 3 is 0.987 bits per heavy atom. The van der Waals surface area contributed by atoms with Gasteiger partial charge < -0.3 is 20.3 Å². The minimum Gasteiger partial charge on any atom is -0.466 e. The first-order chi connectivity index (χ1) is 37.0. The molecule has 0 heterocycles. The van der Waals surface area contributed by atoms with Gasteiger partial charge in [-0.3, -0.25) is 9.59 Å². The molecule has 0 rings (SSSR count). The molecule has 0 aliphatic carbocycles. The van der Waals surface area contributed by atoms with E-state index in [0.717, 1.165) is 44.9 Å².